The fraction of sp³-hybridized carbons (Fsp3) is 0.190. The molecule has 3 rings (SSSR count). The predicted molar refractivity (Wildman–Crippen MR) is 105 cm³/mol. The number of esters is 1. The molecule has 0 atom stereocenters. The van der Waals surface area contributed by atoms with Gasteiger partial charge in [-0.1, -0.05) is 41.9 Å². The largest absolute Gasteiger partial charge is 0.452 e. The Morgan fingerprint density at radius 3 is 2.59 bits per heavy atom. The molecule has 5 nitrogen and oxygen atoms in total. The van der Waals surface area contributed by atoms with Gasteiger partial charge in [0.1, 0.15) is 5.15 Å². The van der Waals surface area contributed by atoms with Crippen molar-refractivity contribution in [3.63, 3.8) is 0 Å². The minimum Gasteiger partial charge on any atom is -0.452 e. The smallest absolute Gasteiger partial charge is 0.338 e. The molecular weight excluding hydrogens is 364 g/mol. The van der Waals surface area contributed by atoms with Gasteiger partial charge in [-0.25, -0.2) is 9.78 Å². The zero-order valence-electron chi connectivity index (χ0n) is 14.9. The van der Waals surface area contributed by atoms with E-state index in [-0.39, 0.29) is 12.5 Å². The lowest BCUT2D eigenvalue weighted by Crippen LogP contribution is -2.34. The third-order valence-corrected chi connectivity index (χ3v) is 4.38. The Balaban J connectivity index is 1.62. The van der Waals surface area contributed by atoms with E-state index < -0.39 is 5.97 Å². The standard InChI is InChI=1S/C21H19ClN2O3/c1-2-24(13-15-6-4-3-5-7-15)20(25)14-27-21(26)17-8-10-18-16(12-17)9-11-19(22)23-18/h3-12H,2,13-14H2,1H3. The normalized spacial score (nSPS) is 10.6. The lowest BCUT2D eigenvalue weighted by molar-refractivity contribution is -0.134. The Morgan fingerprint density at radius 1 is 1.07 bits per heavy atom. The number of fused-ring (bicyclic) bond motifs is 1. The number of carbonyl (C=O) groups is 2. The second-order valence-electron chi connectivity index (χ2n) is 6.01. The minimum absolute atomic E-state index is 0.232. The summed E-state index contributed by atoms with van der Waals surface area (Å²) in [5.41, 5.74) is 2.08. The first-order chi connectivity index (χ1) is 13.1. The molecule has 1 heterocycles. The van der Waals surface area contributed by atoms with Crippen LogP contribution < -0.4 is 0 Å². The van der Waals surface area contributed by atoms with Crippen molar-refractivity contribution in [3.8, 4) is 0 Å². The molecule has 0 fully saturated rings. The van der Waals surface area contributed by atoms with Crippen LogP contribution in [-0.4, -0.2) is 34.9 Å². The summed E-state index contributed by atoms with van der Waals surface area (Å²) in [5, 5.41) is 1.17. The van der Waals surface area contributed by atoms with Crippen LogP contribution in [0.25, 0.3) is 10.9 Å². The number of benzene rings is 2. The molecule has 0 spiro atoms. The van der Waals surface area contributed by atoms with Gasteiger partial charge in [0, 0.05) is 18.5 Å². The topological polar surface area (TPSA) is 59.5 Å². The van der Waals surface area contributed by atoms with Gasteiger partial charge in [0.15, 0.2) is 6.61 Å². The minimum atomic E-state index is -0.545. The molecule has 3 aromatic rings. The highest BCUT2D eigenvalue weighted by Gasteiger charge is 2.16. The van der Waals surface area contributed by atoms with E-state index in [4.69, 9.17) is 16.3 Å². The molecule has 0 N–H and O–H groups in total. The average Bonchev–Trinajstić information content (AvgIpc) is 2.70. The zero-order chi connectivity index (χ0) is 19.2. The molecule has 0 saturated carbocycles. The van der Waals surface area contributed by atoms with Crippen molar-refractivity contribution in [2.24, 2.45) is 0 Å². The number of pyridine rings is 1. The average molecular weight is 383 g/mol. The molecule has 0 radical (unpaired) electrons. The van der Waals surface area contributed by atoms with Crippen molar-refractivity contribution in [2.45, 2.75) is 13.5 Å². The molecule has 1 aromatic heterocycles. The van der Waals surface area contributed by atoms with E-state index in [9.17, 15) is 9.59 Å². The molecule has 1 amide bonds. The Morgan fingerprint density at radius 2 is 1.85 bits per heavy atom. The highest BCUT2D eigenvalue weighted by molar-refractivity contribution is 6.29. The van der Waals surface area contributed by atoms with Crippen molar-refractivity contribution in [3.05, 3.63) is 76.9 Å². The van der Waals surface area contributed by atoms with Crippen LogP contribution in [0, 0.1) is 0 Å². The van der Waals surface area contributed by atoms with Gasteiger partial charge in [0.25, 0.3) is 5.91 Å². The van der Waals surface area contributed by atoms with Crippen molar-refractivity contribution in [1.29, 1.82) is 0 Å². The third kappa shape index (κ3) is 4.83. The van der Waals surface area contributed by atoms with Gasteiger partial charge in [0.05, 0.1) is 11.1 Å². The molecule has 138 valence electrons. The Hall–Kier alpha value is -2.92. The van der Waals surface area contributed by atoms with E-state index in [0.717, 1.165) is 10.9 Å². The van der Waals surface area contributed by atoms with E-state index in [2.05, 4.69) is 4.98 Å². The van der Waals surface area contributed by atoms with Crippen LogP contribution in [0.3, 0.4) is 0 Å². The summed E-state index contributed by atoms with van der Waals surface area (Å²) in [7, 11) is 0. The van der Waals surface area contributed by atoms with Crippen LogP contribution >= 0.6 is 11.6 Å². The van der Waals surface area contributed by atoms with E-state index in [1.54, 1.807) is 35.2 Å². The number of carbonyl (C=O) groups excluding carboxylic acids is 2. The van der Waals surface area contributed by atoms with Gasteiger partial charge in [-0.3, -0.25) is 4.79 Å². The number of halogens is 1. The summed E-state index contributed by atoms with van der Waals surface area (Å²) >= 11 is 5.86. The number of hydrogen-bond acceptors (Lipinski definition) is 4. The lowest BCUT2D eigenvalue weighted by atomic mass is 10.1. The first kappa shape index (κ1) is 18.9. The maximum absolute atomic E-state index is 12.4. The monoisotopic (exact) mass is 382 g/mol. The number of amides is 1. The quantitative estimate of drug-likeness (QED) is 0.476. The molecule has 0 bridgehead atoms. The fourth-order valence-electron chi connectivity index (χ4n) is 2.71. The van der Waals surface area contributed by atoms with Gasteiger partial charge in [-0.2, -0.15) is 0 Å². The fourth-order valence-corrected chi connectivity index (χ4v) is 2.86. The van der Waals surface area contributed by atoms with Gasteiger partial charge in [-0.15, -0.1) is 0 Å². The summed E-state index contributed by atoms with van der Waals surface area (Å²) in [4.78, 5) is 30.5. The van der Waals surface area contributed by atoms with Gasteiger partial charge >= 0.3 is 5.97 Å². The molecule has 0 unspecified atom stereocenters. The van der Waals surface area contributed by atoms with E-state index in [1.165, 1.54) is 0 Å². The van der Waals surface area contributed by atoms with Crippen LogP contribution in [0.15, 0.2) is 60.7 Å². The molecule has 2 aromatic carbocycles. The summed E-state index contributed by atoms with van der Waals surface area (Å²) in [6.45, 7) is 2.62. The van der Waals surface area contributed by atoms with Crippen molar-refractivity contribution in [1.82, 2.24) is 9.88 Å². The van der Waals surface area contributed by atoms with E-state index in [0.29, 0.717) is 29.3 Å². The SMILES string of the molecule is CCN(Cc1ccccc1)C(=O)COC(=O)c1ccc2nc(Cl)ccc2c1. The first-order valence-electron chi connectivity index (χ1n) is 8.62. The van der Waals surface area contributed by atoms with Crippen molar-refractivity contribution in [2.75, 3.05) is 13.2 Å². The highest BCUT2D eigenvalue weighted by Crippen LogP contribution is 2.17. The summed E-state index contributed by atoms with van der Waals surface area (Å²) in [5.74, 6) is -0.778. The van der Waals surface area contributed by atoms with Crippen LogP contribution in [0.5, 0.6) is 0 Å². The molecule has 0 aliphatic heterocycles. The van der Waals surface area contributed by atoms with Crippen molar-refractivity contribution >= 4 is 34.4 Å². The highest BCUT2D eigenvalue weighted by atomic mass is 35.5. The van der Waals surface area contributed by atoms with Gasteiger partial charge < -0.3 is 9.64 Å². The molecule has 0 aliphatic carbocycles. The second-order valence-corrected chi connectivity index (χ2v) is 6.40. The van der Waals surface area contributed by atoms with Crippen LogP contribution in [0.4, 0.5) is 0 Å². The molecule has 0 saturated heterocycles. The third-order valence-electron chi connectivity index (χ3n) is 4.17. The Bertz CT molecular complexity index is 960. The van der Waals surface area contributed by atoms with Crippen molar-refractivity contribution < 1.29 is 14.3 Å². The number of likely N-dealkylation sites (N-methyl/N-ethyl adjacent to an activating group) is 1. The number of ether oxygens (including phenoxy) is 1. The van der Waals surface area contributed by atoms with E-state index in [1.807, 2.05) is 37.3 Å². The first-order valence-corrected chi connectivity index (χ1v) is 8.99. The summed E-state index contributed by atoms with van der Waals surface area (Å²) in [6.07, 6.45) is 0. The van der Waals surface area contributed by atoms with Gasteiger partial charge in [-0.05, 0) is 42.8 Å². The number of hydrogen-bond donors (Lipinski definition) is 0. The summed E-state index contributed by atoms with van der Waals surface area (Å²) < 4.78 is 5.21. The number of rotatable bonds is 6. The molecule has 6 heteroatoms. The molecular formula is C21H19ClN2O3. The Kier molecular flexibility index (Phi) is 6.04. The van der Waals surface area contributed by atoms with Crippen LogP contribution in [-0.2, 0) is 16.1 Å². The molecule has 0 aliphatic rings. The van der Waals surface area contributed by atoms with Crippen LogP contribution in [0.2, 0.25) is 5.15 Å². The predicted octanol–water partition coefficient (Wildman–Crippen LogP) is 4.09. The summed E-state index contributed by atoms with van der Waals surface area (Å²) in [6, 6.07) is 18.1. The maximum atomic E-state index is 12.4. The van der Waals surface area contributed by atoms with Gasteiger partial charge in [0.2, 0.25) is 0 Å². The number of aromatic nitrogens is 1. The zero-order valence-corrected chi connectivity index (χ0v) is 15.6. The lowest BCUT2D eigenvalue weighted by Gasteiger charge is -2.20. The second kappa shape index (κ2) is 8.64. The van der Waals surface area contributed by atoms with Crippen LogP contribution in [0.1, 0.15) is 22.8 Å². The number of nitrogens with zero attached hydrogens (tertiary/aromatic N) is 2. The van der Waals surface area contributed by atoms with E-state index >= 15 is 0 Å². The molecule has 27 heavy (non-hydrogen) atoms. The maximum Gasteiger partial charge on any atom is 0.338 e. The Labute approximate surface area is 162 Å².